The highest BCUT2D eigenvalue weighted by atomic mass is 35.5. The van der Waals surface area contributed by atoms with Crippen molar-refractivity contribution in [3.05, 3.63) is 70.5 Å². The maximum absolute atomic E-state index is 14.3. The fraction of sp³-hybridized carbons (Fsp3) is 0.483. The number of rotatable bonds is 11. The summed E-state index contributed by atoms with van der Waals surface area (Å²) in [4.78, 5) is 42.0. The number of nitrogens with zero attached hydrogens (tertiary/aromatic N) is 2. The summed E-state index contributed by atoms with van der Waals surface area (Å²) in [6.07, 6.45) is 3.26. The van der Waals surface area contributed by atoms with Gasteiger partial charge in [-0.2, -0.15) is 11.8 Å². The van der Waals surface area contributed by atoms with Crippen molar-refractivity contribution in [3.63, 3.8) is 0 Å². The van der Waals surface area contributed by atoms with Gasteiger partial charge in [0.1, 0.15) is 11.9 Å². The highest BCUT2D eigenvalue weighted by Crippen LogP contribution is 2.33. The lowest BCUT2D eigenvalue weighted by Gasteiger charge is -2.26. The van der Waals surface area contributed by atoms with Crippen LogP contribution in [0.15, 0.2) is 48.5 Å². The molecular weight excluding hydrogens is 539 g/mol. The molecule has 2 fully saturated rings. The maximum atomic E-state index is 14.3. The molecule has 7 nitrogen and oxygen atoms in total. The van der Waals surface area contributed by atoms with E-state index in [1.807, 2.05) is 36.6 Å². The number of fused-ring (bicyclic) bond motifs is 1. The average molecular weight is 575 g/mol. The van der Waals surface area contributed by atoms with Crippen LogP contribution in [0.25, 0.3) is 0 Å². The average Bonchev–Trinajstić information content (AvgIpc) is 3.48. The first-order valence-electron chi connectivity index (χ1n) is 13.3. The Morgan fingerprint density at radius 1 is 1.00 bits per heavy atom. The first kappa shape index (κ1) is 29.4. The summed E-state index contributed by atoms with van der Waals surface area (Å²) < 4.78 is 14.3. The minimum atomic E-state index is -0.589. The van der Waals surface area contributed by atoms with Gasteiger partial charge in [-0.25, -0.2) is 4.39 Å². The highest BCUT2D eigenvalue weighted by Gasteiger charge is 2.42. The maximum Gasteiger partial charge on any atom is 0.258 e. The van der Waals surface area contributed by atoms with Gasteiger partial charge in [0, 0.05) is 39.6 Å². The standard InChI is InChI=1S/C29H36ClFN4O3S/c1-19(36)32-26(12-14-39-2)28(37)33-25(20-7-4-3-5-8-20)11-13-34-15-21-17-35(18-22(21)16-34)29(38)27-23(30)9-6-10-24(27)31/h3-10,21-22,25-26H,11-18H2,1-2H3,(H,32,36)(H,33,37)/t21-,22?,25?,26-/m0/s1. The van der Waals surface area contributed by atoms with Crippen molar-refractivity contribution in [2.75, 3.05) is 44.7 Å². The van der Waals surface area contributed by atoms with E-state index in [-0.39, 0.29) is 34.3 Å². The number of halogens is 2. The zero-order valence-electron chi connectivity index (χ0n) is 22.4. The molecule has 0 bridgehead atoms. The molecule has 4 rings (SSSR count). The molecule has 0 spiro atoms. The fourth-order valence-electron chi connectivity index (χ4n) is 5.64. The van der Waals surface area contributed by atoms with Gasteiger partial charge in [0.25, 0.3) is 5.91 Å². The Bertz CT molecular complexity index is 1140. The molecule has 0 aliphatic carbocycles. The number of likely N-dealkylation sites (tertiary alicyclic amines) is 2. The quantitative estimate of drug-likeness (QED) is 0.424. The molecule has 0 radical (unpaired) electrons. The van der Waals surface area contributed by atoms with Crippen molar-refractivity contribution in [3.8, 4) is 0 Å². The van der Waals surface area contributed by atoms with Gasteiger partial charge in [-0.3, -0.25) is 14.4 Å². The van der Waals surface area contributed by atoms with E-state index < -0.39 is 11.9 Å². The van der Waals surface area contributed by atoms with Crippen LogP contribution < -0.4 is 10.6 Å². The molecule has 2 aromatic carbocycles. The van der Waals surface area contributed by atoms with E-state index in [1.165, 1.54) is 19.1 Å². The molecule has 2 N–H and O–H groups in total. The number of carbonyl (C=O) groups is 3. The van der Waals surface area contributed by atoms with Gasteiger partial charge in [0.05, 0.1) is 16.6 Å². The molecule has 2 unspecified atom stereocenters. The lowest BCUT2D eigenvalue weighted by Crippen LogP contribution is -2.47. The molecule has 2 aliphatic heterocycles. The van der Waals surface area contributed by atoms with Gasteiger partial charge < -0.3 is 20.4 Å². The third-order valence-corrected chi connectivity index (χ3v) is 8.54. The monoisotopic (exact) mass is 574 g/mol. The van der Waals surface area contributed by atoms with Crippen LogP contribution in [0.1, 0.15) is 41.7 Å². The van der Waals surface area contributed by atoms with Crippen molar-refractivity contribution < 1.29 is 18.8 Å². The molecule has 4 atom stereocenters. The van der Waals surface area contributed by atoms with E-state index >= 15 is 0 Å². The second-order valence-corrected chi connectivity index (χ2v) is 11.8. The summed E-state index contributed by atoms with van der Waals surface area (Å²) in [6.45, 7) is 5.07. The normalized spacial score (nSPS) is 20.4. The second-order valence-electron chi connectivity index (χ2n) is 10.4. The summed E-state index contributed by atoms with van der Waals surface area (Å²) in [5.41, 5.74) is 0.975. The number of nitrogens with one attached hydrogen (secondary N) is 2. The predicted molar refractivity (Wildman–Crippen MR) is 153 cm³/mol. The third kappa shape index (κ3) is 7.52. The molecule has 0 saturated carbocycles. The number of thioether (sulfide) groups is 1. The number of carbonyl (C=O) groups excluding carboxylic acids is 3. The van der Waals surface area contributed by atoms with Crippen LogP contribution in [0.2, 0.25) is 5.02 Å². The molecule has 3 amide bonds. The van der Waals surface area contributed by atoms with Crippen LogP contribution in [0.4, 0.5) is 4.39 Å². The largest absolute Gasteiger partial charge is 0.347 e. The number of benzene rings is 2. The van der Waals surface area contributed by atoms with Gasteiger partial charge in [-0.15, -0.1) is 0 Å². The molecule has 210 valence electrons. The smallest absolute Gasteiger partial charge is 0.258 e. The van der Waals surface area contributed by atoms with Crippen molar-refractivity contribution in [2.45, 2.75) is 31.8 Å². The Balaban J connectivity index is 1.35. The molecule has 10 heteroatoms. The second kappa shape index (κ2) is 13.6. The van der Waals surface area contributed by atoms with Gasteiger partial charge in [-0.1, -0.05) is 48.0 Å². The fourth-order valence-corrected chi connectivity index (χ4v) is 6.36. The Morgan fingerprint density at radius 2 is 1.69 bits per heavy atom. The van der Waals surface area contributed by atoms with Gasteiger partial charge in [-0.05, 0) is 54.4 Å². The summed E-state index contributed by atoms with van der Waals surface area (Å²) >= 11 is 7.76. The number of hydrogen-bond acceptors (Lipinski definition) is 5. The van der Waals surface area contributed by atoms with Gasteiger partial charge in [0.2, 0.25) is 11.8 Å². The van der Waals surface area contributed by atoms with E-state index in [4.69, 9.17) is 11.6 Å². The zero-order chi connectivity index (χ0) is 27.9. The Kier molecular flexibility index (Phi) is 10.3. The van der Waals surface area contributed by atoms with Crippen molar-refractivity contribution >= 4 is 41.1 Å². The van der Waals surface area contributed by atoms with Crippen molar-refractivity contribution in [2.24, 2.45) is 11.8 Å². The molecule has 2 heterocycles. The topological polar surface area (TPSA) is 81.8 Å². The van der Waals surface area contributed by atoms with E-state index in [2.05, 4.69) is 15.5 Å². The minimum absolute atomic E-state index is 0.0486. The van der Waals surface area contributed by atoms with Crippen LogP contribution in [0, 0.1) is 17.7 Å². The van der Waals surface area contributed by atoms with Gasteiger partial charge in [0.15, 0.2) is 0 Å². The van der Waals surface area contributed by atoms with E-state index in [9.17, 15) is 18.8 Å². The molecule has 0 aromatic heterocycles. The predicted octanol–water partition coefficient (Wildman–Crippen LogP) is 3.99. The van der Waals surface area contributed by atoms with Crippen LogP contribution in [-0.2, 0) is 9.59 Å². The molecule has 2 aliphatic rings. The Labute approximate surface area is 238 Å². The Hall–Kier alpha value is -2.62. The lowest BCUT2D eigenvalue weighted by molar-refractivity contribution is -0.128. The van der Waals surface area contributed by atoms with Crippen LogP contribution >= 0.6 is 23.4 Å². The van der Waals surface area contributed by atoms with E-state index in [0.29, 0.717) is 31.3 Å². The molecule has 2 aromatic rings. The highest BCUT2D eigenvalue weighted by molar-refractivity contribution is 7.98. The first-order valence-corrected chi connectivity index (χ1v) is 15.1. The van der Waals surface area contributed by atoms with Crippen LogP contribution in [-0.4, -0.2) is 78.3 Å². The third-order valence-electron chi connectivity index (χ3n) is 7.58. The summed E-state index contributed by atoms with van der Waals surface area (Å²) in [7, 11) is 0. The van der Waals surface area contributed by atoms with Crippen LogP contribution in [0.5, 0.6) is 0 Å². The van der Waals surface area contributed by atoms with E-state index in [1.54, 1.807) is 22.7 Å². The summed E-state index contributed by atoms with van der Waals surface area (Å²) in [6, 6.07) is 13.4. The minimum Gasteiger partial charge on any atom is -0.347 e. The van der Waals surface area contributed by atoms with Gasteiger partial charge >= 0.3 is 0 Å². The van der Waals surface area contributed by atoms with Crippen molar-refractivity contribution in [1.29, 1.82) is 0 Å². The molecular formula is C29H36ClFN4O3S. The molecule has 39 heavy (non-hydrogen) atoms. The summed E-state index contributed by atoms with van der Waals surface area (Å²) in [5, 5.41) is 6.11. The lowest BCUT2D eigenvalue weighted by atomic mass is 10.0. The van der Waals surface area contributed by atoms with E-state index in [0.717, 1.165) is 37.4 Å². The molecule has 2 saturated heterocycles. The van der Waals surface area contributed by atoms with Crippen molar-refractivity contribution in [1.82, 2.24) is 20.4 Å². The zero-order valence-corrected chi connectivity index (χ0v) is 23.9. The number of hydrogen-bond donors (Lipinski definition) is 2. The first-order chi connectivity index (χ1) is 18.8. The SMILES string of the molecule is CSCC[C@H](NC(C)=O)C(=O)NC(CCN1CC2CN(C(=O)c3c(F)cccc3Cl)C[C@@H]2C1)c1ccccc1. The summed E-state index contributed by atoms with van der Waals surface area (Å²) in [5.74, 6) is 0.0803. The van der Waals surface area contributed by atoms with Crippen LogP contribution in [0.3, 0.4) is 0 Å². The Morgan fingerprint density at radius 3 is 2.31 bits per heavy atom. The number of amides is 3.